The lowest BCUT2D eigenvalue weighted by Gasteiger charge is -2.09. The monoisotopic (exact) mass is 168 g/mol. The molecule has 0 spiro atoms. The lowest BCUT2D eigenvalue weighted by Crippen LogP contribution is -2.31. The minimum Gasteiger partial charge on any atom is -0.305 e. The fraction of sp³-hybridized carbons (Fsp3) is 0.800. The second-order valence-corrected chi connectivity index (χ2v) is 2.83. The fourth-order valence-electron chi connectivity index (χ4n) is 1.30. The second kappa shape index (κ2) is 7.15. The number of nitrogens with one attached hydrogen (secondary N) is 1. The van der Waals surface area contributed by atoms with Gasteiger partial charge in [-0.25, -0.2) is 0 Å². The zero-order valence-corrected chi connectivity index (χ0v) is 8.43. The van der Waals surface area contributed by atoms with Crippen LogP contribution < -0.4 is 5.32 Å². The summed E-state index contributed by atoms with van der Waals surface area (Å²) in [5.41, 5.74) is 0. The summed E-state index contributed by atoms with van der Waals surface area (Å²) in [6.07, 6.45) is 6.35. The van der Waals surface area contributed by atoms with E-state index in [2.05, 4.69) is 23.2 Å². The standard InChI is InChI=1S/C8H14N2.C2H6/c1-3-5-9-8-4-6-10(2)7-8;1-2/h1,8-9H,4-7H2,2H3;1-2H3. The number of hydrogen-bond acceptors (Lipinski definition) is 2. The molecule has 0 aromatic rings. The van der Waals surface area contributed by atoms with E-state index >= 15 is 0 Å². The van der Waals surface area contributed by atoms with Gasteiger partial charge in [0, 0.05) is 12.6 Å². The predicted octanol–water partition coefficient (Wildman–Crippen LogP) is 0.940. The summed E-state index contributed by atoms with van der Waals surface area (Å²) in [6.45, 7) is 7.04. The third-order valence-electron chi connectivity index (χ3n) is 1.88. The fourth-order valence-corrected chi connectivity index (χ4v) is 1.30. The first kappa shape index (κ1) is 11.5. The van der Waals surface area contributed by atoms with Crippen molar-refractivity contribution in [3.63, 3.8) is 0 Å². The summed E-state index contributed by atoms with van der Waals surface area (Å²) in [7, 11) is 2.14. The highest BCUT2D eigenvalue weighted by atomic mass is 15.2. The van der Waals surface area contributed by atoms with Crippen LogP contribution in [0.4, 0.5) is 0 Å². The van der Waals surface area contributed by atoms with Crippen LogP contribution in [0.3, 0.4) is 0 Å². The molecular formula is C10H20N2. The Balaban J connectivity index is 0.000000561. The van der Waals surface area contributed by atoms with Gasteiger partial charge in [0.15, 0.2) is 0 Å². The smallest absolute Gasteiger partial charge is 0.0576 e. The first-order valence-electron chi connectivity index (χ1n) is 4.68. The first-order valence-corrected chi connectivity index (χ1v) is 4.68. The molecule has 0 saturated carbocycles. The maximum absolute atomic E-state index is 5.12. The summed E-state index contributed by atoms with van der Waals surface area (Å²) >= 11 is 0. The van der Waals surface area contributed by atoms with Gasteiger partial charge in [-0.1, -0.05) is 19.8 Å². The Morgan fingerprint density at radius 2 is 2.25 bits per heavy atom. The summed E-state index contributed by atoms with van der Waals surface area (Å²) < 4.78 is 0. The van der Waals surface area contributed by atoms with Crippen LogP contribution in [0.25, 0.3) is 0 Å². The second-order valence-electron chi connectivity index (χ2n) is 2.83. The van der Waals surface area contributed by atoms with Crippen LogP contribution in [0, 0.1) is 12.3 Å². The lowest BCUT2D eigenvalue weighted by atomic mass is 10.3. The maximum Gasteiger partial charge on any atom is 0.0576 e. The molecule has 1 unspecified atom stereocenters. The minimum atomic E-state index is 0.626. The Morgan fingerprint density at radius 1 is 1.58 bits per heavy atom. The van der Waals surface area contributed by atoms with Gasteiger partial charge >= 0.3 is 0 Å². The Kier molecular flexibility index (Phi) is 6.84. The Morgan fingerprint density at radius 3 is 2.67 bits per heavy atom. The van der Waals surface area contributed by atoms with Crippen LogP contribution in [-0.4, -0.2) is 37.6 Å². The van der Waals surface area contributed by atoms with E-state index in [0.717, 1.165) is 6.54 Å². The lowest BCUT2D eigenvalue weighted by molar-refractivity contribution is 0.401. The van der Waals surface area contributed by atoms with Crippen molar-refractivity contribution < 1.29 is 0 Å². The molecule has 1 atom stereocenters. The van der Waals surface area contributed by atoms with Gasteiger partial charge < -0.3 is 10.2 Å². The third-order valence-corrected chi connectivity index (χ3v) is 1.88. The van der Waals surface area contributed by atoms with E-state index in [-0.39, 0.29) is 0 Å². The van der Waals surface area contributed by atoms with Gasteiger partial charge in [0.1, 0.15) is 0 Å². The van der Waals surface area contributed by atoms with Crippen LogP contribution >= 0.6 is 0 Å². The van der Waals surface area contributed by atoms with E-state index in [4.69, 9.17) is 6.42 Å². The van der Waals surface area contributed by atoms with Crippen molar-refractivity contribution in [1.29, 1.82) is 0 Å². The van der Waals surface area contributed by atoms with Crippen molar-refractivity contribution in [3.05, 3.63) is 0 Å². The molecule has 0 aliphatic carbocycles. The quantitative estimate of drug-likeness (QED) is 0.617. The average molecular weight is 168 g/mol. The molecule has 0 amide bonds. The molecule has 1 rings (SSSR count). The largest absolute Gasteiger partial charge is 0.305 e. The molecule has 2 heteroatoms. The van der Waals surface area contributed by atoms with Crippen molar-refractivity contribution in [2.45, 2.75) is 26.3 Å². The number of rotatable bonds is 2. The van der Waals surface area contributed by atoms with E-state index in [9.17, 15) is 0 Å². The highest BCUT2D eigenvalue weighted by Gasteiger charge is 2.17. The molecule has 0 aromatic heterocycles. The van der Waals surface area contributed by atoms with Crippen LogP contribution in [0.15, 0.2) is 0 Å². The van der Waals surface area contributed by atoms with Crippen molar-refractivity contribution in [2.75, 3.05) is 26.7 Å². The SMILES string of the molecule is C#CCNC1CCN(C)C1.CC. The van der Waals surface area contributed by atoms with Crippen LogP contribution in [0.2, 0.25) is 0 Å². The minimum absolute atomic E-state index is 0.626. The Hall–Kier alpha value is -0.520. The number of terminal acetylenes is 1. The van der Waals surface area contributed by atoms with Gasteiger partial charge in [-0.2, -0.15) is 0 Å². The van der Waals surface area contributed by atoms with Crippen LogP contribution in [0.1, 0.15) is 20.3 Å². The van der Waals surface area contributed by atoms with Gasteiger partial charge in [-0.15, -0.1) is 6.42 Å². The molecule has 1 fully saturated rings. The highest BCUT2D eigenvalue weighted by molar-refractivity contribution is 4.90. The van der Waals surface area contributed by atoms with Crippen LogP contribution in [0.5, 0.6) is 0 Å². The Bertz CT molecular complexity index is 137. The van der Waals surface area contributed by atoms with E-state index in [0.29, 0.717) is 12.6 Å². The van der Waals surface area contributed by atoms with Gasteiger partial charge in [-0.3, -0.25) is 0 Å². The summed E-state index contributed by atoms with van der Waals surface area (Å²) in [5, 5.41) is 3.28. The van der Waals surface area contributed by atoms with Gasteiger partial charge in [-0.05, 0) is 20.0 Å². The predicted molar refractivity (Wildman–Crippen MR) is 54.1 cm³/mol. The van der Waals surface area contributed by atoms with E-state index in [1.807, 2.05) is 13.8 Å². The van der Waals surface area contributed by atoms with Crippen molar-refractivity contribution >= 4 is 0 Å². The normalized spacial score (nSPS) is 22.7. The number of likely N-dealkylation sites (N-methyl/N-ethyl adjacent to an activating group) is 1. The molecule has 0 bridgehead atoms. The summed E-state index contributed by atoms with van der Waals surface area (Å²) in [4.78, 5) is 2.31. The zero-order valence-electron chi connectivity index (χ0n) is 8.43. The average Bonchev–Trinajstić information content (AvgIpc) is 2.51. The van der Waals surface area contributed by atoms with Crippen molar-refractivity contribution in [3.8, 4) is 12.3 Å². The van der Waals surface area contributed by atoms with Gasteiger partial charge in [0.05, 0.1) is 6.54 Å². The number of hydrogen-bond donors (Lipinski definition) is 1. The van der Waals surface area contributed by atoms with Crippen molar-refractivity contribution in [2.24, 2.45) is 0 Å². The molecule has 0 radical (unpaired) electrons. The maximum atomic E-state index is 5.12. The van der Waals surface area contributed by atoms with E-state index < -0.39 is 0 Å². The number of likely N-dealkylation sites (tertiary alicyclic amines) is 1. The molecule has 1 aliphatic heterocycles. The van der Waals surface area contributed by atoms with Crippen molar-refractivity contribution in [1.82, 2.24) is 10.2 Å². The topological polar surface area (TPSA) is 15.3 Å². The van der Waals surface area contributed by atoms with Gasteiger partial charge in [0.25, 0.3) is 0 Å². The number of nitrogens with zero attached hydrogens (tertiary/aromatic N) is 1. The molecule has 70 valence electrons. The molecule has 12 heavy (non-hydrogen) atoms. The first-order chi connectivity index (χ1) is 5.83. The van der Waals surface area contributed by atoms with E-state index in [1.54, 1.807) is 0 Å². The molecule has 2 nitrogen and oxygen atoms in total. The molecule has 0 aromatic carbocycles. The van der Waals surface area contributed by atoms with E-state index in [1.165, 1.54) is 13.0 Å². The Labute approximate surface area is 76.3 Å². The molecular weight excluding hydrogens is 148 g/mol. The molecule has 1 heterocycles. The highest BCUT2D eigenvalue weighted by Crippen LogP contribution is 2.04. The molecule has 1 saturated heterocycles. The molecule has 1 N–H and O–H groups in total. The van der Waals surface area contributed by atoms with Gasteiger partial charge in [0.2, 0.25) is 0 Å². The van der Waals surface area contributed by atoms with Crippen LogP contribution in [-0.2, 0) is 0 Å². The molecule has 1 aliphatic rings. The summed E-state index contributed by atoms with van der Waals surface area (Å²) in [6, 6.07) is 0.626. The third kappa shape index (κ3) is 4.38. The zero-order chi connectivity index (χ0) is 9.40. The summed E-state index contributed by atoms with van der Waals surface area (Å²) in [5.74, 6) is 2.58.